The number of carbonyl (C=O) groups is 2. The first-order valence-electron chi connectivity index (χ1n) is 15.7. The molecule has 0 radical (unpaired) electrons. The number of hydrogen-bond donors (Lipinski definition) is 2. The smallest absolute Gasteiger partial charge is 0.870 e. The molecule has 0 unspecified atom stereocenters. The van der Waals surface area contributed by atoms with Gasteiger partial charge in [-0.1, -0.05) is 60.0 Å². The van der Waals surface area contributed by atoms with Crippen molar-refractivity contribution in [2.75, 3.05) is 0 Å². The van der Waals surface area contributed by atoms with Crippen LogP contribution >= 0.6 is 0 Å². The summed E-state index contributed by atoms with van der Waals surface area (Å²) in [7, 11) is -19.9. The van der Waals surface area contributed by atoms with Crippen molar-refractivity contribution >= 4 is 243 Å². The van der Waals surface area contributed by atoms with E-state index < -0.39 is 94.9 Å². The minimum Gasteiger partial charge on any atom is -0.870 e. The van der Waals surface area contributed by atoms with Crippen LogP contribution in [0.1, 0.15) is 20.7 Å². The summed E-state index contributed by atoms with van der Waals surface area (Å²) >= 11 is 0. The molecule has 0 aliphatic rings. The summed E-state index contributed by atoms with van der Waals surface area (Å²) < 4.78 is 132. The molecule has 29 heteroatoms. The summed E-state index contributed by atoms with van der Waals surface area (Å²) in [6.45, 7) is 0. The molecule has 0 fully saturated rings. The van der Waals surface area contributed by atoms with E-state index in [1.54, 1.807) is 0 Å². The van der Waals surface area contributed by atoms with Crippen LogP contribution in [-0.4, -0.2) is 210 Å². The molecule has 0 saturated carbocycles. The number of carbonyl (C=O) groups excluding carboxylic acids is 2. The van der Waals surface area contributed by atoms with Crippen LogP contribution in [0.3, 0.4) is 0 Å². The van der Waals surface area contributed by atoms with Gasteiger partial charge in [0.25, 0.3) is 20.2 Å². The van der Waals surface area contributed by atoms with Crippen LogP contribution in [0.25, 0.3) is 21.5 Å². The third-order valence-electron chi connectivity index (χ3n) is 7.90. The predicted octanol–water partition coefficient (Wildman–Crippen LogP) is 0.544. The van der Waals surface area contributed by atoms with Gasteiger partial charge in [0.2, 0.25) is 0 Å². The van der Waals surface area contributed by atoms with Crippen molar-refractivity contribution < 1.29 is 81.9 Å². The number of azo groups is 2. The molecule has 0 aliphatic heterocycles. The minimum atomic E-state index is -5.30. The zero-order valence-corrected chi connectivity index (χ0v) is 47.8. The summed E-state index contributed by atoms with van der Waals surface area (Å²) in [4.78, 5) is 18.6. The number of benzene rings is 6. The molecule has 6 aromatic carbocycles. The SMILES string of the molecule is O=C([O-])c1ccccc1N=Nc1c([O-])c(S(=O)(=O)O)cc2cc(S(=O)(=O)O)ccc12.O=C([O-])c1ccccc1N=Nc1c([O-])c(S(=O)(=O)[O-])cc2cc(S(=O)(=O)[O-])ccc12.[Ba+2].[Ba+2].[Ba+2]. The Kier molecular flexibility index (Phi) is 20.5. The van der Waals surface area contributed by atoms with Crippen LogP contribution in [0, 0.1) is 0 Å². The normalized spacial score (nSPS) is 11.9. The monoisotopic (exact) mass is 1310 g/mol. The predicted molar refractivity (Wildman–Crippen MR) is 210 cm³/mol. The van der Waals surface area contributed by atoms with Crippen molar-refractivity contribution in [2.24, 2.45) is 20.5 Å². The van der Waals surface area contributed by atoms with E-state index in [9.17, 15) is 81.9 Å². The van der Waals surface area contributed by atoms with Crippen LogP contribution in [0.15, 0.2) is 137 Å². The molecular formula is C34H18Ba3N4O18S4. The fourth-order valence-electron chi connectivity index (χ4n) is 5.21. The number of hydrogen-bond acceptors (Lipinski definition) is 20. The van der Waals surface area contributed by atoms with Gasteiger partial charge in [0.1, 0.15) is 20.2 Å². The van der Waals surface area contributed by atoms with E-state index in [1.165, 1.54) is 42.5 Å². The molecule has 0 heterocycles. The van der Waals surface area contributed by atoms with Gasteiger partial charge in [-0.25, -0.2) is 16.8 Å². The van der Waals surface area contributed by atoms with Crippen molar-refractivity contribution in [3.05, 3.63) is 108 Å². The third kappa shape index (κ3) is 14.0. The molecule has 6 aromatic rings. The second-order valence-electron chi connectivity index (χ2n) is 11.7. The first kappa shape index (κ1) is 57.1. The Morgan fingerprint density at radius 2 is 0.857 bits per heavy atom. The molecule has 0 aliphatic carbocycles. The van der Waals surface area contributed by atoms with E-state index in [-0.39, 0.29) is 191 Å². The maximum atomic E-state index is 12.6. The number of carboxylic acid groups (broad SMARTS) is 2. The molecule has 22 nitrogen and oxygen atoms in total. The van der Waals surface area contributed by atoms with E-state index in [1.807, 2.05) is 0 Å². The van der Waals surface area contributed by atoms with Gasteiger partial charge in [0, 0.05) is 26.8 Å². The fourth-order valence-corrected chi connectivity index (χ4v) is 7.43. The standard InChI is InChI=1S/2C17H12N2O9S2.3Ba/c2*20-16-14(30(26,27)28)8-9-7-10(29(23,24)25)5-6-11(9)15(16)19-18-13-4-2-1-3-12(13)17(21)22;;;/h2*1-8,20H,(H,21,22)(H,23,24,25)(H,26,27,28);;;/q;;3*+2/p-6. The number of carboxylic acids is 2. The molecule has 0 amide bonds. The Hall–Kier alpha value is -2.07. The topological polar surface area (TPSA) is 399 Å². The zero-order chi connectivity index (χ0) is 44.5. The maximum Gasteiger partial charge on any atom is 2.00 e. The van der Waals surface area contributed by atoms with Gasteiger partial charge in [-0.2, -0.15) is 27.1 Å². The van der Waals surface area contributed by atoms with E-state index in [2.05, 4.69) is 20.5 Å². The average Bonchev–Trinajstić information content (AvgIpc) is 3.15. The van der Waals surface area contributed by atoms with Gasteiger partial charge in [-0.05, 0) is 59.3 Å². The number of fused-ring (bicyclic) bond motifs is 2. The molecule has 0 spiro atoms. The zero-order valence-electron chi connectivity index (χ0n) is 31.2. The molecule has 0 aromatic heterocycles. The molecular weight excluding hydrogens is 1290 g/mol. The molecule has 312 valence electrons. The number of aromatic carboxylic acids is 2. The summed E-state index contributed by atoms with van der Waals surface area (Å²) in [5.41, 5.74) is -2.40. The maximum absolute atomic E-state index is 12.6. The van der Waals surface area contributed by atoms with Crippen molar-refractivity contribution in [3.63, 3.8) is 0 Å². The second-order valence-corrected chi connectivity index (χ2v) is 17.3. The van der Waals surface area contributed by atoms with Gasteiger partial charge in [0.15, 0.2) is 0 Å². The summed E-state index contributed by atoms with van der Waals surface area (Å²) in [6, 6.07) is 17.3. The van der Waals surface area contributed by atoms with Crippen LogP contribution in [0.5, 0.6) is 11.5 Å². The van der Waals surface area contributed by atoms with Gasteiger partial charge < -0.3 is 39.1 Å². The van der Waals surface area contributed by atoms with Crippen LogP contribution in [-0.2, 0) is 40.5 Å². The average molecular weight is 1310 g/mol. The van der Waals surface area contributed by atoms with Crippen molar-refractivity contribution in [3.8, 4) is 11.5 Å². The van der Waals surface area contributed by atoms with Crippen LogP contribution in [0.4, 0.5) is 22.7 Å². The molecule has 0 saturated heterocycles. The summed E-state index contributed by atoms with van der Waals surface area (Å²) in [5.74, 6) is -5.73. The molecule has 0 bridgehead atoms. The van der Waals surface area contributed by atoms with Crippen molar-refractivity contribution in [1.29, 1.82) is 0 Å². The number of nitrogens with zero attached hydrogens (tertiary/aromatic N) is 4. The fraction of sp³-hybridized carbons (Fsp3) is 0. The van der Waals surface area contributed by atoms with Crippen molar-refractivity contribution in [2.45, 2.75) is 19.6 Å². The van der Waals surface area contributed by atoms with Crippen LogP contribution in [0.2, 0.25) is 0 Å². The Bertz CT molecular complexity index is 3100. The van der Waals surface area contributed by atoms with E-state index in [4.69, 9.17) is 0 Å². The van der Waals surface area contributed by atoms with Crippen LogP contribution < -0.4 is 20.4 Å². The first-order valence-corrected chi connectivity index (χ1v) is 21.3. The Morgan fingerprint density at radius 1 is 0.476 bits per heavy atom. The minimum absolute atomic E-state index is 0. The Balaban J connectivity index is 0.000000414. The summed E-state index contributed by atoms with van der Waals surface area (Å²) in [6.07, 6.45) is 0. The molecule has 6 rings (SSSR count). The van der Waals surface area contributed by atoms with Gasteiger partial charge in [0.05, 0.1) is 49.4 Å². The number of rotatable bonds is 10. The third-order valence-corrected chi connectivity index (χ3v) is 11.3. The first-order chi connectivity index (χ1) is 27.8. The molecule has 63 heavy (non-hydrogen) atoms. The molecule has 0 atom stereocenters. The van der Waals surface area contributed by atoms with E-state index >= 15 is 0 Å². The van der Waals surface area contributed by atoms with Gasteiger partial charge >= 0.3 is 147 Å². The van der Waals surface area contributed by atoms with Gasteiger partial charge in [-0.3, -0.25) is 9.11 Å². The second kappa shape index (κ2) is 22.6. The largest absolute Gasteiger partial charge is 2.00 e. The van der Waals surface area contributed by atoms with E-state index in [0.717, 1.165) is 48.5 Å². The molecule has 2 N–H and O–H groups in total. The Morgan fingerprint density at radius 3 is 1.24 bits per heavy atom. The summed E-state index contributed by atoms with van der Waals surface area (Å²) in [5, 5.41) is 61.3. The quantitative estimate of drug-likeness (QED) is 0.107. The van der Waals surface area contributed by atoms with Gasteiger partial charge in [-0.15, -0.1) is 10.2 Å². The Labute approximate surface area is 476 Å². The van der Waals surface area contributed by atoms with Crippen molar-refractivity contribution in [1.82, 2.24) is 0 Å². The van der Waals surface area contributed by atoms with E-state index in [0.29, 0.717) is 6.07 Å².